The molecule has 0 atom stereocenters. The molecule has 0 amide bonds. The Bertz CT molecular complexity index is 720. The van der Waals surface area contributed by atoms with Gasteiger partial charge in [0.15, 0.2) is 5.82 Å². The largest absolute Gasteiger partial charge is 0.478 e. The molecule has 0 radical (unpaired) electrons. The molecular weight excluding hydrogens is 327 g/mol. The van der Waals surface area contributed by atoms with Crippen molar-refractivity contribution >= 4 is 17.0 Å². The number of aromatic nitrogens is 3. The van der Waals surface area contributed by atoms with Crippen molar-refractivity contribution in [1.82, 2.24) is 15.0 Å². The number of rotatable bonds is 2. The van der Waals surface area contributed by atoms with E-state index in [0.29, 0.717) is 12.1 Å². The van der Waals surface area contributed by atoms with Crippen LogP contribution in [0.1, 0.15) is 16.4 Å². The summed E-state index contributed by atoms with van der Waals surface area (Å²) in [7, 11) is 0. The monoisotopic (exact) mass is 331 g/mol. The van der Waals surface area contributed by atoms with E-state index in [2.05, 4.69) is 10.3 Å². The van der Waals surface area contributed by atoms with Crippen molar-refractivity contribution in [3.05, 3.63) is 23.5 Å². The first-order chi connectivity index (χ1) is 9.94. The predicted molar refractivity (Wildman–Crippen MR) is 55.6 cm³/mol. The van der Waals surface area contributed by atoms with Crippen molar-refractivity contribution in [2.24, 2.45) is 0 Å². The second-order valence-corrected chi connectivity index (χ2v) is 4.12. The maximum atomic E-state index is 13.7. The Kier molecular flexibility index (Phi) is 3.50. The zero-order valence-corrected chi connectivity index (χ0v) is 10.1. The van der Waals surface area contributed by atoms with Crippen LogP contribution in [0.3, 0.4) is 0 Å². The van der Waals surface area contributed by atoms with Gasteiger partial charge in [0.1, 0.15) is 5.52 Å². The van der Waals surface area contributed by atoms with Gasteiger partial charge in [-0.05, 0) is 12.1 Å². The summed E-state index contributed by atoms with van der Waals surface area (Å²) in [5.74, 6) is -3.32. The van der Waals surface area contributed by atoms with Gasteiger partial charge < -0.3 is 5.11 Å². The Balaban J connectivity index is 2.72. The maximum absolute atomic E-state index is 13.7. The lowest BCUT2D eigenvalue weighted by Gasteiger charge is -2.23. The van der Waals surface area contributed by atoms with Crippen LogP contribution < -0.4 is 0 Å². The van der Waals surface area contributed by atoms with E-state index in [4.69, 9.17) is 5.11 Å². The van der Waals surface area contributed by atoms with Gasteiger partial charge in [-0.3, -0.25) is 0 Å². The third kappa shape index (κ3) is 2.55. The van der Waals surface area contributed by atoms with Gasteiger partial charge in [0.05, 0.1) is 11.1 Å². The Labute approximate surface area is 115 Å². The summed E-state index contributed by atoms with van der Waals surface area (Å²) in [6.07, 6.45) is -11.5. The normalized spacial score (nSPS) is 13.1. The van der Waals surface area contributed by atoms with E-state index in [-0.39, 0.29) is 0 Å². The molecule has 1 heterocycles. The van der Waals surface area contributed by atoms with Crippen molar-refractivity contribution in [2.45, 2.75) is 18.4 Å². The lowest BCUT2D eigenvalue weighted by molar-refractivity contribution is -0.276. The van der Waals surface area contributed by atoms with E-state index in [0.717, 1.165) is 0 Å². The van der Waals surface area contributed by atoms with Gasteiger partial charge >= 0.3 is 18.3 Å². The second kappa shape index (κ2) is 4.81. The molecule has 0 aliphatic rings. The van der Waals surface area contributed by atoms with E-state index < -0.39 is 51.5 Å². The molecule has 120 valence electrons. The summed E-state index contributed by atoms with van der Waals surface area (Å²) >= 11 is 0. The topological polar surface area (TPSA) is 68.0 Å². The molecule has 0 spiro atoms. The third-order valence-electron chi connectivity index (χ3n) is 2.68. The molecule has 2 aromatic rings. The molecule has 0 saturated heterocycles. The summed E-state index contributed by atoms with van der Waals surface area (Å²) < 4.78 is 88.9. The molecule has 2 rings (SSSR count). The van der Waals surface area contributed by atoms with Gasteiger partial charge in [-0.2, -0.15) is 26.3 Å². The number of carboxylic acids is 1. The zero-order valence-electron chi connectivity index (χ0n) is 10.1. The van der Waals surface area contributed by atoms with Gasteiger partial charge in [-0.1, -0.05) is 5.21 Å². The molecule has 1 N–H and O–H groups in total. The third-order valence-corrected chi connectivity index (χ3v) is 2.68. The summed E-state index contributed by atoms with van der Waals surface area (Å²) in [6, 6.07) is -2.92. The highest BCUT2D eigenvalue weighted by atomic mass is 19.4. The van der Waals surface area contributed by atoms with Crippen LogP contribution in [0.5, 0.6) is 0 Å². The van der Waals surface area contributed by atoms with E-state index in [9.17, 15) is 35.5 Å². The van der Waals surface area contributed by atoms with Gasteiger partial charge in [0.2, 0.25) is 6.04 Å². The number of nitrogens with zero attached hydrogens (tertiary/aromatic N) is 3. The minimum absolute atomic E-state index is 0.531. The van der Waals surface area contributed by atoms with Crippen LogP contribution in [-0.4, -0.2) is 38.4 Å². The van der Waals surface area contributed by atoms with E-state index in [1.807, 2.05) is 0 Å². The number of aromatic carboxylic acids is 1. The average molecular weight is 331 g/mol. The molecule has 0 unspecified atom stereocenters. The van der Waals surface area contributed by atoms with Crippen LogP contribution in [-0.2, 0) is 0 Å². The summed E-state index contributed by atoms with van der Waals surface area (Å²) in [6.45, 7) is 0. The number of hydrogen-bond acceptors (Lipinski definition) is 3. The predicted octanol–water partition coefficient (Wildman–Crippen LogP) is 2.93. The van der Waals surface area contributed by atoms with Crippen LogP contribution in [0.15, 0.2) is 12.1 Å². The van der Waals surface area contributed by atoms with E-state index in [1.54, 1.807) is 0 Å². The summed E-state index contributed by atoms with van der Waals surface area (Å²) in [4.78, 5) is 10.7. The standard InChI is InChI=1S/C10H4F7N3O2/c11-5-3(7(21)22)1-2-4-6(5)18-19-20(4)8(9(12,13)14)10(15,16)17/h1-2,8H,(H,21,22). The lowest BCUT2D eigenvalue weighted by atomic mass is 10.1. The minimum Gasteiger partial charge on any atom is -0.478 e. The fraction of sp³-hybridized carbons (Fsp3) is 0.300. The molecule has 0 aliphatic heterocycles. The summed E-state index contributed by atoms with van der Waals surface area (Å²) in [5.41, 5.74) is -2.88. The molecule has 1 aromatic carbocycles. The molecule has 0 aliphatic carbocycles. The van der Waals surface area contributed by atoms with E-state index >= 15 is 0 Å². The number of benzene rings is 1. The van der Waals surface area contributed by atoms with Crippen molar-refractivity contribution in [2.75, 3.05) is 0 Å². The molecule has 12 heteroatoms. The van der Waals surface area contributed by atoms with Crippen molar-refractivity contribution in [1.29, 1.82) is 0 Å². The molecule has 1 aromatic heterocycles. The van der Waals surface area contributed by atoms with Crippen molar-refractivity contribution < 1.29 is 40.6 Å². The van der Waals surface area contributed by atoms with Crippen molar-refractivity contribution in [3.63, 3.8) is 0 Å². The molecule has 0 fully saturated rings. The quantitative estimate of drug-likeness (QED) is 0.859. The fourth-order valence-corrected chi connectivity index (χ4v) is 1.79. The van der Waals surface area contributed by atoms with Gasteiger partial charge in [-0.15, -0.1) is 5.10 Å². The zero-order chi connectivity index (χ0) is 16.9. The van der Waals surface area contributed by atoms with Crippen molar-refractivity contribution in [3.8, 4) is 0 Å². The molecule has 22 heavy (non-hydrogen) atoms. The van der Waals surface area contributed by atoms with Crippen LogP contribution in [0.4, 0.5) is 30.7 Å². The highest BCUT2D eigenvalue weighted by Crippen LogP contribution is 2.43. The average Bonchev–Trinajstić information content (AvgIpc) is 2.70. The van der Waals surface area contributed by atoms with E-state index in [1.165, 1.54) is 0 Å². The van der Waals surface area contributed by atoms with Gasteiger partial charge in [0.25, 0.3) is 0 Å². The molecular formula is C10H4F7N3O2. The number of hydrogen-bond donors (Lipinski definition) is 1. The number of halogens is 7. The molecule has 0 bridgehead atoms. The first-order valence-corrected chi connectivity index (χ1v) is 5.34. The highest BCUT2D eigenvalue weighted by molar-refractivity contribution is 5.92. The maximum Gasteiger partial charge on any atom is 0.419 e. The lowest BCUT2D eigenvalue weighted by Crippen LogP contribution is -2.39. The molecule has 0 saturated carbocycles. The SMILES string of the molecule is O=C(O)c1ccc2c(nnn2C(C(F)(F)F)C(F)(F)F)c1F. The fourth-order valence-electron chi connectivity index (χ4n) is 1.79. The Morgan fingerprint density at radius 2 is 1.68 bits per heavy atom. The Morgan fingerprint density at radius 1 is 1.14 bits per heavy atom. The first kappa shape index (κ1) is 16.0. The molecule has 5 nitrogen and oxygen atoms in total. The highest BCUT2D eigenvalue weighted by Gasteiger charge is 2.59. The van der Waals surface area contributed by atoms with Gasteiger partial charge in [-0.25, -0.2) is 13.9 Å². The second-order valence-electron chi connectivity index (χ2n) is 4.12. The van der Waals surface area contributed by atoms with Crippen LogP contribution in [0, 0.1) is 5.82 Å². The van der Waals surface area contributed by atoms with Crippen LogP contribution in [0.25, 0.3) is 11.0 Å². The minimum atomic E-state index is -5.75. The number of fused-ring (bicyclic) bond motifs is 1. The van der Waals surface area contributed by atoms with Crippen LogP contribution >= 0.6 is 0 Å². The number of carbonyl (C=O) groups is 1. The van der Waals surface area contributed by atoms with Crippen LogP contribution in [0.2, 0.25) is 0 Å². The Hall–Kier alpha value is -2.40. The smallest absolute Gasteiger partial charge is 0.419 e. The first-order valence-electron chi connectivity index (χ1n) is 5.34. The number of carboxylic acid groups (broad SMARTS) is 1. The number of alkyl halides is 6. The Morgan fingerprint density at radius 3 is 2.14 bits per heavy atom. The van der Waals surface area contributed by atoms with Gasteiger partial charge in [0, 0.05) is 0 Å². The summed E-state index contributed by atoms with van der Waals surface area (Å²) in [5, 5.41) is 14.2.